The predicted molar refractivity (Wildman–Crippen MR) is 79.4 cm³/mol. The van der Waals surface area contributed by atoms with Crippen molar-refractivity contribution < 1.29 is 23.1 Å². The van der Waals surface area contributed by atoms with E-state index in [1.165, 1.54) is 23.1 Å². The maximum absolute atomic E-state index is 11.7. The van der Waals surface area contributed by atoms with Crippen LogP contribution in [0.4, 0.5) is 0 Å². The van der Waals surface area contributed by atoms with E-state index in [0.29, 0.717) is 16.5 Å². The third kappa shape index (κ3) is 5.29. The summed E-state index contributed by atoms with van der Waals surface area (Å²) >= 11 is 2.50. The number of nitrogens with one attached hydrogen (secondary N) is 1. The average Bonchev–Trinajstić information content (AvgIpc) is 2.93. The van der Waals surface area contributed by atoms with E-state index in [0.717, 1.165) is 0 Å². The number of carbonyl (C=O) groups is 2. The van der Waals surface area contributed by atoms with Gasteiger partial charge in [-0.3, -0.25) is 9.59 Å². The molecule has 0 aromatic carbocycles. The fourth-order valence-electron chi connectivity index (χ4n) is 1.90. The van der Waals surface area contributed by atoms with Gasteiger partial charge in [-0.15, -0.1) is 11.3 Å². The molecule has 1 aromatic rings. The van der Waals surface area contributed by atoms with E-state index in [-0.39, 0.29) is 35.6 Å². The summed E-state index contributed by atoms with van der Waals surface area (Å²) < 4.78 is 23.2. The molecule has 2 rings (SSSR count). The Morgan fingerprint density at radius 1 is 1.52 bits per heavy atom. The number of carboxylic acids is 1. The second kappa shape index (κ2) is 6.75. The van der Waals surface area contributed by atoms with Gasteiger partial charge in [-0.05, 0) is 6.42 Å². The number of amides is 1. The molecule has 1 aromatic heterocycles. The molecule has 0 spiro atoms. The van der Waals surface area contributed by atoms with Crippen molar-refractivity contribution in [2.45, 2.75) is 23.2 Å². The zero-order valence-electron chi connectivity index (χ0n) is 10.9. The van der Waals surface area contributed by atoms with Gasteiger partial charge in [0.15, 0.2) is 14.2 Å². The van der Waals surface area contributed by atoms with Crippen LogP contribution < -0.4 is 5.32 Å². The van der Waals surface area contributed by atoms with Crippen LogP contribution in [-0.4, -0.2) is 53.7 Å². The molecule has 1 fully saturated rings. The van der Waals surface area contributed by atoms with E-state index >= 15 is 0 Å². The van der Waals surface area contributed by atoms with Gasteiger partial charge >= 0.3 is 5.97 Å². The first kappa shape index (κ1) is 16.2. The molecule has 2 heterocycles. The molecule has 0 aliphatic carbocycles. The lowest BCUT2D eigenvalue weighted by Crippen LogP contribution is -2.36. The first-order valence-corrected chi connectivity index (χ1v) is 9.81. The maximum atomic E-state index is 11.7. The van der Waals surface area contributed by atoms with Gasteiger partial charge in [0.1, 0.15) is 0 Å². The van der Waals surface area contributed by atoms with Gasteiger partial charge in [0.2, 0.25) is 5.91 Å². The Bertz CT molecular complexity index is 640. The second-order valence-electron chi connectivity index (χ2n) is 4.63. The van der Waals surface area contributed by atoms with Gasteiger partial charge in [-0.1, -0.05) is 11.8 Å². The van der Waals surface area contributed by atoms with Crippen molar-refractivity contribution in [1.29, 1.82) is 0 Å². The van der Waals surface area contributed by atoms with Crippen LogP contribution in [0.1, 0.15) is 12.1 Å². The van der Waals surface area contributed by atoms with E-state index in [4.69, 9.17) is 5.11 Å². The lowest BCUT2D eigenvalue weighted by atomic mass is 10.3. The molecular formula is C11H14N2O5S3. The van der Waals surface area contributed by atoms with Crippen molar-refractivity contribution in [3.8, 4) is 0 Å². The zero-order chi connectivity index (χ0) is 15.5. The highest BCUT2D eigenvalue weighted by molar-refractivity contribution is 8.01. The molecule has 0 saturated carbocycles. The Morgan fingerprint density at radius 3 is 2.90 bits per heavy atom. The number of aromatic nitrogens is 1. The summed E-state index contributed by atoms with van der Waals surface area (Å²) in [6.45, 7) is 0. The largest absolute Gasteiger partial charge is 0.481 e. The van der Waals surface area contributed by atoms with Crippen LogP contribution in [0.5, 0.6) is 0 Å². The quantitative estimate of drug-likeness (QED) is 0.703. The molecule has 10 heteroatoms. The highest BCUT2D eigenvalue weighted by atomic mass is 32.2. The third-order valence-corrected chi connectivity index (χ3v) is 6.63. The Labute approximate surface area is 130 Å². The fourth-order valence-corrected chi connectivity index (χ4v) is 5.23. The van der Waals surface area contributed by atoms with Crippen LogP contribution in [0.2, 0.25) is 0 Å². The van der Waals surface area contributed by atoms with Gasteiger partial charge in [-0.25, -0.2) is 13.4 Å². The van der Waals surface area contributed by atoms with Crippen LogP contribution in [0.25, 0.3) is 0 Å². The number of carboxylic acid groups (broad SMARTS) is 1. The highest BCUT2D eigenvalue weighted by Gasteiger charge is 2.28. The van der Waals surface area contributed by atoms with E-state index in [1.807, 2.05) is 0 Å². The SMILES string of the molecule is O=C(O)Cc1csc(SCC(=O)NC2CCS(=O)(=O)C2)n1. The first-order chi connectivity index (χ1) is 9.84. The Hall–Kier alpha value is -1.13. The van der Waals surface area contributed by atoms with Crippen molar-refractivity contribution in [3.05, 3.63) is 11.1 Å². The molecular weight excluding hydrogens is 336 g/mol. The van der Waals surface area contributed by atoms with Gasteiger partial charge in [0, 0.05) is 11.4 Å². The van der Waals surface area contributed by atoms with Gasteiger partial charge in [0.05, 0.1) is 29.4 Å². The molecule has 0 bridgehead atoms. The minimum absolute atomic E-state index is 0.00339. The Kier molecular flexibility index (Phi) is 5.22. The number of aliphatic carboxylic acids is 1. The average molecular weight is 350 g/mol. The van der Waals surface area contributed by atoms with Crippen LogP contribution >= 0.6 is 23.1 Å². The summed E-state index contributed by atoms with van der Waals surface area (Å²) in [4.78, 5) is 26.4. The minimum atomic E-state index is -3.00. The number of rotatable bonds is 6. The topological polar surface area (TPSA) is 113 Å². The molecule has 7 nitrogen and oxygen atoms in total. The summed E-state index contributed by atoms with van der Waals surface area (Å²) in [5, 5.41) is 13.0. The standard InChI is InChI=1S/C11H14N2O5S3/c14-9(12-7-1-2-21(17,18)6-7)5-20-11-13-8(4-19-11)3-10(15)16/h4,7H,1-3,5-6H2,(H,12,14)(H,15,16). The van der Waals surface area contributed by atoms with Crippen LogP contribution in [0.3, 0.4) is 0 Å². The number of thiazole rings is 1. The normalized spacial score (nSPS) is 20.3. The summed E-state index contributed by atoms with van der Waals surface area (Å²) in [5.41, 5.74) is 0.470. The maximum Gasteiger partial charge on any atom is 0.309 e. The molecule has 1 aliphatic heterocycles. The van der Waals surface area contributed by atoms with Crippen molar-refractivity contribution in [2.24, 2.45) is 0 Å². The van der Waals surface area contributed by atoms with Crippen LogP contribution in [0, 0.1) is 0 Å². The van der Waals surface area contributed by atoms with Crippen LogP contribution in [0.15, 0.2) is 9.72 Å². The van der Waals surface area contributed by atoms with Gasteiger partial charge in [0.25, 0.3) is 0 Å². The molecule has 0 radical (unpaired) electrons. The van der Waals surface area contributed by atoms with E-state index < -0.39 is 15.8 Å². The number of thioether (sulfide) groups is 1. The van der Waals surface area contributed by atoms with E-state index in [1.54, 1.807) is 5.38 Å². The summed E-state index contributed by atoms with van der Waals surface area (Å²) in [6.07, 6.45) is 0.321. The molecule has 1 saturated heterocycles. The Morgan fingerprint density at radius 2 is 2.29 bits per heavy atom. The molecule has 1 unspecified atom stereocenters. The smallest absolute Gasteiger partial charge is 0.309 e. The zero-order valence-corrected chi connectivity index (χ0v) is 13.4. The van der Waals surface area contributed by atoms with Crippen LogP contribution in [-0.2, 0) is 25.8 Å². The Balaban J connectivity index is 1.76. The van der Waals surface area contributed by atoms with Gasteiger partial charge < -0.3 is 10.4 Å². The van der Waals surface area contributed by atoms with Gasteiger partial charge in [-0.2, -0.15) is 0 Å². The van der Waals surface area contributed by atoms with Crippen molar-refractivity contribution in [1.82, 2.24) is 10.3 Å². The first-order valence-electron chi connectivity index (χ1n) is 6.13. The number of hydrogen-bond donors (Lipinski definition) is 2. The second-order valence-corrected chi connectivity index (χ2v) is 8.94. The van der Waals surface area contributed by atoms with Crippen molar-refractivity contribution in [3.63, 3.8) is 0 Å². The fraction of sp³-hybridized carbons (Fsp3) is 0.545. The lowest BCUT2D eigenvalue weighted by Gasteiger charge is -2.09. The monoisotopic (exact) mass is 350 g/mol. The van der Waals surface area contributed by atoms with E-state index in [9.17, 15) is 18.0 Å². The molecule has 116 valence electrons. The minimum Gasteiger partial charge on any atom is -0.481 e. The molecule has 1 atom stereocenters. The number of nitrogens with zero attached hydrogens (tertiary/aromatic N) is 1. The molecule has 2 N–H and O–H groups in total. The van der Waals surface area contributed by atoms with Crippen molar-refractivity contribution in [2.75, 3.05) is 17.3 Å². The van der Waals surface area contributed by atoms with E-state index in [2.05, 4.69) is 10.3 Å². The number of hydrogen-bond acceptors (Lipinski definition) is 7. The highest BCUT2D eigenvalue weighted by Crippen LogP contribution is 2.23. The third-order valence-electron chi connectivity index (χ3n) is 2.79. The summed E-state index contributed by atoms with van der Waals surface area (Å²) in [5.74, 6) is -0.926. The lowest BCUT2D eigenvalue weighted by molar-refractivity contribution is -0.136. The molecule has 21 heavy (non-hydrogen) atoms. The predicted octanol–water partition coefficient (Wildman–Crippen LogP) is 0.166. The number of sulfone groups is 1. The van der Waals surface area contributed by atoms with Crippen molar-refractivity contribution >= 4 is 44.8 Å². The molecule has 1 amide bonds. The molecule has 1 aliphatic rings. The summed E-state index contributed by atoms with van der Waals surface area (Å²) in [6, 6.07) is -0.304. The summed E-state index contributed by atoms with van der Waals surface area (Å²) in [7, 11) is -3.00. The number of carbonyl (C=O) groups excluding carboxylic acids is 1.